The molecule has 7 rings (SSSR count). The van der Waals surface area contributed by atoms with Crippen LogP contribution >= 0.6 is 0 Å². The molecule has 0 radical (unpaired) electrons. The molecule has 1 saturated carbocycles. The maximum absolute atomic E-state index is 14.1. The van der Waals surface area contributed by atoms with Gasteiger partial charge in [-0.05, 0) is 38.4 Å². The van der Waals surface area contributed by atoms with Gasteiger partial charge in [-0.25, -0.2) is 19.3 Å². The fraction of sp³-hybridized carbons (Fsp3) is 0.448. The van der Waals surface area contributed by atoms with Crippen molar-refractivity contribution in [2.75, 3.05) is 32.0 Å². The fourth-order valence-electron chi connectivity index (χ4n) is 6.87. The van der Waals surface area contributed by atoms with E-state index in [-0.39, 0.29) is 45.2 Å². The highest BCUT2D eigenvalue weighted by molar-refractivity contribution is 6.08. The Morgan fingerprint density at radius 2 is 1.80 bits per heavy atom. The van der Waals surface area contributed by atoms with E-state index in [1.165, 1.54) is 28.8 Å². The van der Waals surface area contributed by atoms with Crippen LogP contribution < -0.4 is 11.0 Å². The number of rotatable bonds is 5. The molecule has 2 saturated heterocycles. The third kappa shape index (κ3) is 4.45. The van der Waals surface area contributed by atoms with Crippen LogP contribution in [0.3, 0.4) is 0 Å². The van der Waals surface area contributed by atoms with Crippen LogP contribution in [0.4, 0.5) is 24.8 Å². The molecule has 3 aliphatic rings. The molecule has 1 aliphatic carbocycles. The van der Waals surface area contributed by atoms with E-state index in [0.717, 1.165) is 38.1 Å². The van der Waals surface area contributed by atoms with Crippen LogP contribution in [0, 0.1) is 0 Å². The Balaban J connectivity index is 1.32. The quantitative estimate of drug-likeness (QED) is 0.249. The van der Waals surface area contributed by atoms with E-state index in [1.807, 2.05) is 7.05 Å². The summed E-state index contributed by atoms with van der Waals surface area (Å²) in [5.74, 6) is -0.406. The second-order valence-electron chi connectivity index (χ2n) is 12.0. The van der Waals surface area contributed by atoms with Gasteiger partial charge in [-0.3, -0.25) is 14.3 Å². The van der Waals surface area contributed by atoms with Crippen molar-refractivity contribution in [2.45, 2.75) is 56.0 Å². The highest BCUT2D eigenvalue weighted by atomic mass is 19.4. The lowest BCUT2D eigenvalue weighted by atomic mass is 9.77. The number of fused-ring (bicyclic) bond motifs is 2. The molecule has 44 heavy (non-hydrogen) atoms. The van der Waals surface area contributed by atoms with Gasteiger partial charge in [0, 0.05) is 37.1 Å². The molecular weight excluding hydrogens is 583 g/mol. The number of likely N-dealkylation sites (N-methyl/N-ethyl adjacent to an activating group) is 1. The first kappa shape index (κ1) is 28.7. The smallest absolute Gasteiger partial charge is 0.335 e. The molecule has 3 aromatic heterocycles. The highest BCUT2D eigenvalue weighted by Gasteiger charge is 2.53. The first-order valence-corrected chi connectivity index (χ1v) is 14.4. The lowest BCUT2D eigenvalue weighted by molar-refractivity contribution is -0.374. The second-order valence-corrected chi connectivity index (χ2v) is 12.0. The van der Waals surface area contributed by atoms with Crippen LogP contribution in [-0.4, -0.2) is 82.3 Å². The Kier molecular flexibility index (Phi) is 6.34. The van der Waals surface area contributed by atoms with Crippen LogP contribution in [0.25, 0.3) is 21.9 Å². The summed E-state index contributed by atoms with van der Waals surface area (Å²) in [6.07, 6.45) is -3.10. The second kappa shape index (κ2) is 9.72. The number of aliphatic hydroxyl groups is 3. The van der Waals surface area contributed by atoms with E-state index in [9.17, 15) is 38.1 Å². The molecule has 1 aromatic carbocycles. The summed E-state index contributed by atoms with van der Waals surface area (Å²) >= 11 is 0. The summed E-state index contributed by atoms with van der Waals surface area (Å²) in [4.78, 5) is 39.1. The number of nitrogens with one attached hydrogen (secondary N) is 1. The molecule has 1 spiro atoms. The Bertz CT molecular complexity index is 1870. The van der Waals surface area contributed by atoms with Gasteiger partial charge >= 0.3 is 18.0 Å². The minimum atomic E-state index is -4.73. The minimum absolute atomic E-state index is 0.0566. The highest BCUT2D eigenvalue weighted by Crippen LogP contribution is 2.41. The molecule has 4 N–H and O–H groups in total. The van der Waals surface area contributed by atoms with Gasteiger partial charge in [-0.1, -0.05) is 25.0 Å². The van der Waals surface area contributed by atoms with Crippen molar-refractivity contribution in [2.24, 2.45) is 0 Å². The van der Waals surface area contributed by atoms with Crippen LogP contribution in [0.2, 0.25) is 0 Å². The maximum Gasteiger partial charge on any atom is 0.418 e. The lowest BCUT2D eigenvalue weighted by Gasteiger charge is -2.61. The Morgan fingerprint density at radius 3 is 2.41 bits per heavy atom. The largest absolute Gasteiger partial charge is 0.418 e. The molecule has 0 bridgehead atoms. The average molecular weight is 614 g/mol. The molecule has 0 unspecified atom stereocenters. The topological polar surface area (TPSA) is 149 Å². The van der Waals surface area contributed by atoms with Crippen molar-refractivity contribution in [3.63, 3.8) is 0 Å². The fourth-order valence-corrected chi connectivity index (χ4v) is 6.87. The van der Waals surface area contributed by atoms with Gasteiger partial charge in [-0.15, -0.1) is 0 Å². The number of pyridine rings is 2. The summed E-state index contributed by atoms with van der Waals surface area (Å²) in [7, 11) is 1.98. The Morgan fingerprint density at radius 1 is 1.07 bits per heavy atom. The number of hydrogen-bond donors (Lipinski definition) is 4. The summed E-state index contributed by atoms with van der Waals surface area (Å²) in [6, 6.07) is 6.15. The molecule has 232 valence electrons. The molecule has 5 heterocycles. The summed E-state index contributed by atoms with van der Waals surface area (Å²) in [5.41, 5.74) is -2.11. The van der Waals surface area contributed by atoms with Crippen molar-refractivity contribution >= 4 is 39.5 Å². The summed E-state index contributed by atoms with van der Waals surface area (Å²) < 4.78 is 44.0. The van der Waals surface area contributed by atoms with Crippen molar-refractivity contribution in [3.8, 4) is 0 Å². The maximum atomic E-state index is 14.1. The monoisotopic (exact) mass is 613 g/mol. The Hall–Kier alpha value is -4.05. The SMILES string of the molecule is CN1CCC12CN(C(=O)c1cc(Nc3cc4c(cn3)n(C(O)(O)O)c(=O)n4C3CCCC3)nc3c(C(F)(F)F)cccc13)C2. The van der Waals surface area contributed by atoms with E-state index in [1.54, 1.807) is 4.90 Å². The normalized spacial score (nSPS) is 19.1. The van der Waals surface area contributed by atoms with Crippen LogP contribution in [0.15, 0.2) is 41.3 Å². The van der Waals surface area contributed by atoms with E-state index >= 15 is 0 Å². The number of para-hydroxylation sites is 1. The van der Waals surface area contributed by atoms with E-state index in [4.69, 9.17) is 0 Å². The molecule has 12 nitrogen and oxygen atoms in total. The van der Waals surface area contributed by atoms with Gasteiger partial charge < -0.3 is 25.5 Å². The van der Waals surface area contributed by atoms with Crippen LogP contribution in [-0.2, 0) is 12.3 Å². The molecular formula is C29H30F3N7O5. The number of hydrogen-bond acceptors (Lipinski definition) is 9. The molecule has 2 aliphatic heterocycles. The lowest BCUT2D eigenvalue weighted by Crippen LogP contribution is -2.76. The number of amides is 1. The third-order valence-corrected chi connectivity index (χ3v) is 9.36. The van der Waals surface area contributed by atoms with E-state index in [0.29, 0.717) is 30.5 Å². The number of carbonyl (C=O) groups excluding carboxylic acids is 1. The van der Waals surface area contributed by atoms with E-state index < -0.39 is 35.0 Å². The van der Waals surface area contributed by atoms with Gasteiger partial charge in [-0.2, -0.15) is 13.2 Å². The number of carbonyl (C=O) groups is 1. The minimum Gasteiger partial charge on any atom is -0.335 e. The summed E-state index contributed by atoms with van der Waals surface area (Å²) in [5, 5.41) is 32.7. The summed E-state index contributed by atoms with van der Waals surface area (Å²) in [6.45, 7) is 1.88. The zero-order valence-corrected chi connectivity index (χ0v) is 23.7. The van der Waals surface area contributed by atoms with Gasteiger partial charge in [0.1, 0.15) is 11.6 Å². The van der Waals surface area contributed by atoms with Crippen molar-refractivity contribution < 1.29 is 33.3 Å². The van der Waals surface area contributed by atoms with Gasteiger partial charge in [0.15, 0.2) is 0 Å². The number of aromatic nitrogens is 4. The van der Waals surface area contributed by atoms with Crippen molar-refractivity contribution in [3.05, 3.63) is 58.1 Å². The first-order valence-electron chi connectivity index (χ1n) is 14.4. The van der Waals surface area contributed by atoms with E-state index in [2.05, 4.69) is 20.2 Å². The Labute approximate surface area is 248 Å². The zero-order valence-electron chi connectivity index (χ0n) is 23.7. The van der Waals surface area contributed by atoms with Crippen molar-refractivity contribution in [1.29, 1.82) is 0 Å². The number of nitrogens with zero attached hydrogens (tertiary/aromatic N) is 6. The predicted molar refractivity (Wildman–Crippen MR) is 152 cm³/mol. The average Bonchev–Trinajstić information content (AvgIpc) is 3.55. The van der Waals surface area contributed by atoms with Gasteiger partial charge in [0.25, 0.3) is 5.91 Å². The van der Waals surface area contributed by atoms with Gasteiger partial charge in [0.2, 0.25) is 0 Å². The van der Waals surface area contributed by atoms with Crippen LogP contribution in [0.5, 0.6) is 0 Å². The molecule has 3 fully saturated rings. The number of halogens is 3. The molecule has 0 atom stereocenters. The van der Waals surface area contributed by atoms with Crippen molar-refractivity contribution in [1.82, 2.24) is 28.9 Å². The standard InChI is InChI=1S/C29H30F3N7O5/c1-36-10-9-27(36)14-37(15-27)25(40)18-11-23(35-24-17(18)7-4-8-19(24)28(30,31)32)34-22-12-20-21(13-33-22)39(29(42,43)44)26(41)38(20)16-5-2-3-6-16/h4,7-8,11-13,16,42-44H,2-3,5-6,9-10,14-15H2,1H3,(H,33,34,35). The number of anilines is 2. The molecule has 4 aromatic rings. The molecule has 15 heteroatoms. The van der Waals surface area contributed by atoms with Crippen LogP contribution in [0.1, 0.15) is 54.1 Å². The number of benzene rings is 1. The zero-order chi connectivity index (χ0) is 31.2. The molecule has 1 amide bonds. The van der Waals surface area contributed by atoms with Gasteiger partial charge in [0.05, 0.1) is 39.4 Å². The third-order valence-electron chi connectivity index (χ3n) is 9.36. The number of likely N-dealkylation sites (tertiary alicyclic amines) is 2. The predicted octanol–water partition coefficient (Wildman–Crippen LogP) is 2.70. The number of imidazole rings is 1. The number of alkyl halides is 3. The first-order chi connectivity index (χ1) is 20.8.